The number of carbonyl (C=O) groups is 1. The zero-order valence-corrected chi connectivity index (χ0v) is 8.53. The molecule has 1 aromatic carbocycles. The van der Waals surface area contributed by atoms with Crippen LogP contribution in [0.15, 0.2) is 24.3 Å². The molecule has 0 aliphatic heterocycles. The van der Waals surface area contributed by atoms with Gasteiger partial charge < -0.3 is 5.11 Å². The first-order chi connectivity index (χ1) is 6.66. The van der Waals surface area contributed by atoms with Crippen LogP contribution < -0.4 is 4.90 Å². The fourth-order valence-corrected chi connectivity index (χ4v) is 1.41. The molecule has 3 heteroatoms. The lowest BCUT2D eigenvalue weighted by molar-refractivity contribution is 0.201. The Morgan fingerprint density at radius 2 is 2.07 bits per heavy atom. The molecule has 0 aromatic heterocycles. The maximum absolute atomic E-state index is 11.0. The van der Waals surface area contributed by atoms with Gasteiger partial charge in [0.05, 0.1) is 0 Å². The Balaban J connectivity index is 2.99. The first kappa shape index (κ1) is 10.6. The van der Waals surface area contributed by atoms with Gasteiger partial charge in [0, 0.05) is 12.2 Å². The van der Waals surface area contributed by atoms with E-state index in [1.54, 1.807) is 0 Å². The number of anilines is 1. The minimum atomic E-state index is -0.888. The van der Waals surface area contributed by atoms with Gasteiger partial charge in [-0.15, -0.1) is 0 Å². The Hall–Kier alpha value is -1.51. The van der Waals surface area contributed by atoms with Crippen LogP contribution in [0.4, 0.5) is 10.5 Å². The highest BCUT2D eigenvalue weighted by atomic mass is 16.4. The summed E-state index contributed by atoms with van der Waals surface area (Å²) in [5, 5.41) is 9.01. The number of carboxylic acid groups (broad SMARTS) is 1. The molecular weight excluding hydrogens is 178 g/mol. The van der Waals surface area contributed by atoms with Crippen molar-refractivity contribution in [2.75, 3.05) is 11.4 Å². The van der Waals surface area contributed by atoms with Gasteiger partial charge in [-0.05, 0) is 25.0 Å². The van der Waals surface area contributed by atoms with E-state index < -0.39 is 6.09 Å². The van der Waals surface area contributed by atoms with E-state index in [1.807, 2.05) is 38.1 Å². The molecule has 0 saturated carbocycles. The van der Waals surface area contributed by atoms with Crippen molar-refractivity contribution in [3.63, 3.8) is 0 Å². The number of nitrogens with zero attached hydrogens (tertiary/aromatic N) is 1. The molecule has 0 saturated heterocycles. The molecule has 76 valence electrons. The molecule has 0 atom stereocenters. The first-order valence-electron chi connectivity index (χ1n) is 4.73. The van der Waals surface area contributed by atoms with Crippen molar-refractivity contribution < 1.29 is 9.90 Å². The van der Waals surface area contributed by atoms with Gasteiger partial charge in [-0.2, -0.15) is 0 Å². The topological polar surface area (TPSA) is 40.5 Å². The molecule has 3 nitrogen and oxygen atoms in total. The molecule has 1 amide bonds. The summed E-state index contributed by atoms with van der Waals surface area (Å²) >= 11 is 0. The van der Waals surface area contributed by atoms with Gasteiger partial charge in [0.1, 0.15) is 0 Å². The van der Waals surface area contributed by atoms with Crippen molar-refractivity contribution in [3.8, 4) is 0 Å². The van der Waals surface area contributed by atoms with E-state index in [2.05, 4.69) is 0 Å². The van der Waals surface area contributed by atoms with E-state index in [1.165, 1.54) is 4.90 Å². The zero-order chi connectivity index (χ0) is 10.6. The third-order valence-corrected chi connectivity index (χ3v) is 2.08. The number of amides is 1. The van der Waals surface area contributed by atoms with Gasteiger partial charge in [0.2, 0.25) is 0 Å². The van der Waals surface area contributed by atoms with Gasteiger partial charge >= 0.3 is 6.09 Å². The summed E-state index contributed by atoms with van der Waals surface area (Å²) in [7, 11) is 0. The van der Waals surface area contributed by atoms with Crippen LogP contribution in [-0.2, 0) is 0 Å². The normalized spacial score (nSPS) is 9.86. The standard InChI is InChI=1S/C11H15NO2/c1-3-8-12(11(13)14)10-7-5-4-6-9(10)2/h4-7H,3,8H2,1-2H3,(H,13,14). The van der Waals surface area contributed by atoms with Crippen LogP contribution in [0.3, 0.4) is 0 Å². The molecule has 0 aliphatic carbocycles. The Morgan fingerprint density at radius 1 is 1.43 bits per heavy atom. The number of para-hydroxylation sites is 1. The van der Waals surface area contributed by atoms with Crippen molar-refractivity contribution in [2.24, 2.45) is 0 Å². The Kier molecular flexibility index (Phi) is 3.51. The van der Waals surface area contributed by atoms with E-state index in [-0.39, 0.29) is 0 Å². The average Bonchev–Trinajstić information content (AvgIpc) is 2.15. The quantitative estimate of drug-likeness (QED) is 0.801. The van der Waals surface area contributed by atoms with Gasteiger partial charge in [-0.25, -0.2) is 4.79 Å². The molecule has 0 unspecified atom stereocenters. The number of aryl methyl sites for hydroxylation is 1. The minimum absolute atomic E-state index is 0.542. The van der Waals surface area contributed by atoms with E-state index >= 15 is 0 Å². The monoisotopic (exact) mass is 193 g/mol. The SMILES string of the molecule is CCCN(C(=O)O)c1ccccc1C. The summed E-state index contributed by atoms with van der Waals surface area (Å²) in [4.78, 5) is 12.4. The molecule has 0 bridgehead atoms. The summed E-state index contributed by atoms with van der Waals surface area (Å²) < 4.78 is 0. The Morgan fingerprint density at radius 3 is 2.57 bits per heavy atom. The van der Waals surface area contributed by atoms with E-state index in [0.717, 1.165) is 17.7 Å². The van der Waals surface area contributed by atoms with Crippen LogP contribution in [0.5, 0.6) is 0 Å². The second kappa shape index (κ2) is 4.65. The van der Waals surface area contributed by atoms with E-state index in [0.29, 0.717) is 6.54 Å². The predicted octanol–water partition coefficient (Wildman–Crippen LogP) is 2.89. The third-order valence-electron chi connectivity index (χ3n) is 2.08. The van der Waals surface area contributed by atoms with Crippen LogP contribution in [-0.4, -0.2) is 17.7 Å². The lowest BCUT2D eigenvalue weighted by Crippen LogP contribution is -2.30. The summed E-state index contributed by atoms with van der Waals surface area (Å²) in [5.74, 6) is 0. The molecule has 1 N–H and O–H groups in total. The summed E-state index contributed by atoms with van der Waals surface area (Å²) in [5.41, 5.74) is 1.77. The van der Waals surface area contributed by atoms with E-state index in [9.17, 15) is 4.79 Å². The third kappa shape index (κ3) is 2.25. The van der Waals surface area contributed by atoms with Crippen LogP contribution in [0.1, 0.15) is 18.9 Å². The van der Waals surface area contributed by atoms with Crippen molar-refractivity contribution in [1.29, 1.82) is 0 Å². The van der Waals surface area contributed by atoms with Crippen molar-refractivity contribution in [2.45, 2.75) is 20.3 Å². The molecule has 1 rings (SSSR count). The molecule has 0 aliphatic rings. The fraction of sp³-hybridized carbons (Fsp3) is 0.364. The number of hydrogen-bond donors (Lipinski definition) is 1. The summed E-state index contributed by atoms with van der Waals surface area (Å²) in [6.45, 7) is 4.43. The average molecular weight is 193 g/mol. The highest BCUT2D eigenvalue weighted by molar-refractivity contribution is 5.86. The van der Waals surface area contributed by atoms with Crippen LogP contribution in [0, 0.1) is 6.92 Å². The molecule has 0 radical (unpaired) electrons. The summed E-state index contributed by atoms with van der Waals surface area (Å²) in [6.07, 6.45) is -0.0678. The summed E-state index contributed by atoms with van der Waals surface area (Å²) in [6, 6.07) is 7.51. The maximum atomic E-state index is 11.0. The smallest absolute Gasteiger partial charge is 0.411 e. The maximum Gasteiger partial charge on any atom is 0.411 e. The molecule has 14 heavy (non-hydrogen) atoms. The molecule has 1 aromatic rings. The van der Waals surface area contributed by atoms with Gasteiger partial charge in [0.15, 0.2) is 0 Å². The minimum Gasteiger partial charge on any atom is -0.465 e. The highest BCUT2D eigenvalue weighted by Crippen LogP contribution is 2.19. The molecule has 0 heterocycles. The van der Waals surface area contributed by atoms with Crippen molar-refractivity contribution in [3.05, 3.63) is 29.8 Å². The first-order valence-corrected chi connectivity index (χ1v) is 4.73. The second-order valence-electron chi connectivity index (χ2n) is 3.22. The highest BCUT2D eigenvalue weighted by Gasteiger charge is 2.14. The lowest BCUT2D eigenvalue weighted by atomic mass is 10.2. The van der Waals surface area contributed by atoms with Crippen molar-refractivity contribution in [1.82, 2.24) is 0 Å². The lowest BCUT2D eigenvalue weighted by Gasteiger charge is -2.20. The molecule has 0 spiro atoms. The molecular formula is C11H15NO2. The Bertz CT molecular complexity index is 323. The van der Waals surface area contributed by atoms with Gasteiger partial charge in [-0.3, -0.25) is 4.90 Å². The van der Waals surface area contributed by atoms with Crippen molar-refractivity contribution >= 4 is 11.8 Å². The zero-order valence-electron chi connectivity index (χ0n) is 8.53. The molecule has 0 fully saturated rings. The van der Waals surface area contributed by atoms with Gasteiger partial charge in [0.25, 0.3) is 0 Å². The van der Waals surface area contributed by atoms with Crippen LogP contribution >= 0.6 is 0 Å². The predicted molar refractivity (Wildman–Crippen MR) is 56.8 cm³/mol. The van der Waals surface area contributed by atoms with Gasteiger partial charge in [-0.1, -0.05) is 25.1 Å². The second-order valence-corrected chi connectivity index (χ2v) is 3.22. The van der Waals surface area contributed by atoms with E-state index in [4.69, 9.17) is 5.11 Å². The van der Waals surface area contributed by atoms with Crippen LogP contribution in [0.25, 0.3) is 0 Å². The van der Waals surface area contributed by atoms with Crippen LogP contribution in [0.2, 0.25) is 0 Å². The largest absolute Gasteiger partial charge is 0.465 e. The fourth-order valence-electron chi connectivity index (χ4n) is 1.41. The number of rotatable bonds is 3. The number of hydrogen-bond acceptors (Lipinski definition) is 1. The Labute approximate surface area is 84.0 Å². The number of benzene rings is 1.